The first kappa shape index (κ1) is 9.60. The molecule has 1 heterocycles. The van der Waals surface area contributed by atoms with Crippen molar-refractivity contribution in [3.63, 3.8) is 0 Å². The Hall–Kier alpha value is -1.49. The second-order valence-electron chi connectivity index (χ2n) is 2.71. The summed E-state index contributed by atoms with van der Waals surface area (Å²) in [6, 6.07) is 2.67. The molecular weight excluding hydrogens is 174 g/mol. The van der Waals surface area contributed by atoms with Crippen molar-refractivity contribution in [2.45, 2.75) is 13.0 Å². The molecule has 0 aliphatic heterocycles. The van der Waals surface area contributed by atoms with Crippen LogP contribution in [0.5, 0.6) is 5.95 Å². The molecule has 0 radical (unpaired) electrons. The highest BCUT2D eigenvalue weighted by molar-refractivity contribution is 5.84. The molecule has 0 aliphatic rings. The lowest BCUT2D eigenvalue weighted by Gasteiger charge is -2.04. The fraction of sp³-hybridized carbons (Fsp3) is 0.375. The van der Waals surface area contributed by atoms with E-state index in [0.29, 0.717) is 6.61 Å². The first-order chi connectivity index (χ1) is 6.09. The molecule has 0 aliphatic carbocycles. The van der Waals surface area contributed by atoms with E-state index >= 15 is 0 Å². The number of aromatic carboxylic acids is 1. The van der Waals surface area contributed by atoms with E-state index in [1.54, 1.807) is 6.92 Å². The number of furan rings is 1. The van der Waals surface area contributed by atoms with Gasteiger partial charge in [-0.05, 0) is 13.0 Å². The maximum atomic E-state index is 10.4. The quantitative estimate of drug-likeness (QED) is 0.721. The summed E-state index contributed by atoms with van der Waals surface area (Å²) in [4.78, 5) is 10.4. The zero-order valence-electron chi connectivity index (χ0n) is 7.19. The lowest BCUT2D eigenvalue weighted by molar-refractivity contribution is 0.0653. The zero-order valence-corrected chi connectivity index (χ0v) is 7.19. The predicted octanol–water partition coefficient (Wildman–Crippen LogP) is 0.704. The van der Waals surface area contributed by atoms with Crippen molar-refractivity contribution in [3.05, 3.63) is 17.9 Å². The highest BCUT2D eigenvalue weighted by atomic mass is 16.6. The van der Waals surface area contributed by atoms with E-state index in [1.807, 2.05) is 0 Å². The SMILES string of the molecule is CC(N)COc1ccc(C(=O)O)o1. The molecule has 1 rings (SSSR count). The van der Waals surface area contributed by atoms with Gasteiger partial charge in [-0.2, -0.15) is 0 Å². The molecule has 3 N–H and O–H groups in total. The molecule has 1 atom stereocenters. The Kier molecular flexibility index (Phi) is 2.92. The number of ether oxygens (including phenoxy) is 1. The van der Waals surface area contributed by atoms with Crippen LogP contribution in [0.3, 0.4) is 0 Å². The van der Waals surface area contributed by atoms with E-state index in [4.69, 9.17) is 20.0 Å². The first-order valence-corrected chi connectivity index (χ1v) is 3.81. The van der Waals surface area contributed by atoms with E-state index in [-0.39, 0.29) is 17.7 Å². The van der Waals surface area contributed by atoms with Crippen molar-refractivity contribution in [2.24, 2.45) is 5.73 Å². The molecule has 5 nitrogen and oxygen atoms in total. The van der Waals surface area contributed by atoms with Crippen LogP contribution < -0.4 is 10.5 Å². The summed E-state index contributed by atoms with van der Waals surface area (Å²) in [5, 5.41) is 8.50. The smallest absolute Gasteiger partial charge is 0.371 e. The third-order valence-corrected chi connectivity index (χ3v) is 1.28. The topological polar surface area (TPSA) is 85.7 Å². The summed E-state index contributed by atoms with van der Waals surface area (Å²) in [6.45, 7) is 2.08. The predicted molar refractivity (Wildman–Crippen MR) is 44.8 cm³/mol. The summed E-state index contributed by atoms with van der Waals surface area (Å²) in [5.74, 6) is -1.08. The monoisotopic (exact) mass is 185 g/mol. The summed E-state index contributed by atoms with van der Waals surface area (Å²) < 4.78 is 9.86. The second kappa shape index (κ2) is 3.95. The average Bonchev–Trinajstić information content (AvgIpc) is 2.48. The van der Waals surface area contributed by atoms with Crippen molar-refractivity contribution in [1.82, 2.24) is 0 Å². The van der Waals surface area contributed by atoms with Crippen LogP contribution in [0.25, 0.3) is 0 Å². The summed E-state index contributed by atoms with van der Waals surface area (Å²) in [5.41, 5.74) is 5.42. The molecule has 0 saturated heterocycles. The Labute approximate surface area is 75.1 Å². The van der Waals surface area contributed by atoms with Crippen LogP contribution in [0.15, 0.2) is 16.5 Å². The van der Waals surface area contributed by atoms with Crippen LogP contribution >= 0.6 is 0 Å². The van der Waals surface area contributed by atoms with Gasteiger partial charge in [0, 0.05) is 12.1 Å². The molecule has 0 bridgehead atoms. The molecule has 0 fully saturated rings. The van der Waals surface area contributed by atoms with E-state index in [1.165, 1.54) is 12.1 Å². The molecule has 0 spiro atoms. The van der Waals surface area contributed by atoms with Gasteiger partial charge in [-0.1, -0.05) is 0 Å². The minimum Gasteiger partial charge on any atom is -0.475 e. The first-order valence-electron chi connectivity index (χ1n) is 3.81. The molecule has 0 saturated carbocycles. The minimum atomic E-state index is -1.12. The van der Waals surface area contributed by atoms with Crippen molar-refractivity contribution in [1.29, 1.82) is 0 Å². The number of carbonyl (C=O) groups is 1. The van der Waals surface area contributed by atoms with Crippen LogP contribution in [0.2, 0.25) is 0 Å². The number of nitrogens with two attached hydrogens (primary N) is 1. The van der Waals surface area contributed by atoms with E-state index in [9.17, 15) is 4.79 Å². The van der Waals surface area contributed by atoms with Crippen LogP contribution in [-0.4, -0.2) is 23.7 Å². The zero-order chi connectivity index (χ0) is 9.84. The Bertz CT molecular complexity index is 292. The maximum Gasteiger partial charge on any atom is 0.371 e. The largest absolute Gasteiger partial charge is 0.475 e. The van der Waals surface area contributed by atoms with Crippen molar-refractivity contribution in [3.8, 4) is 5.95 Å². The van der Waals surface area contributed by atoms with Gasteiger partial charge in [-0.15, -0.1) is 0 Å². The Balaban J connectivity index is 2.54. The van der Waals surface area contributed by atoms with Gasteiger partial charge in [0.15, 0.2) is 0 Å². The fourth-order valence-electron chi connectivity index (χ4n) is 0.726. The second-order valence-corrected chi connectivity index (χ2v) is 2.71. The molecule has 1 aromatic rings. The van der Waals surface area contributed by atoms with E-state index in [0.717, 1.165) is 0 Å². The number of carboxylic acid groups (broad SMARTS) is 1. The molecule has 5 heteroatoms. The Morgan fingerprint density at radius 1 is 1.77 bits per heavy atom. The number of hydrogen-bond acceptors (Lipinski definition) is 4. The van der Waals surface area contributed by atoms with Gasteiger partial charge in [-0.25, -0.2) is 4.79 Å². The average molecular weight is 185 g/mol. The summed E-state index contributed by atoms with van der Waals surface area (Å²) in [7, 11) is 0. The maximum absolute atomic E-state index is 10.4. The molecule has 72 valence electrons. The molecule has 13 heavy (non-hydrogen) atoms. The lowest BCUT2D eigenvalue weighted by Crippen LogP contribution is -2.23. The van der Waals surface area contributed by atoms with Crippen molar-refractivity contribution < 1.29 is 19.1 Å². The normalized spacial score (nSPS) is 12.5. The van der Waals surface area contributed by atoms with E-state index in [2.05, 4.69) is 0 Å². The van der Waals surface area contributed by atoms with Gasteiger partial charge in [0.05, 0.1) is 0 Å². The summed E-state index contributed by atoms with van der Waals surface area (Å²) >= 11 is 0. The standard InChI is InChI=1S/C8H11NO4/c1-5(9)4-12-7-3-2-6(13-7)8(10)11/h2-3,5H,4,9H2,1H3,(H,10,11). The van der Waals surface area contributed by atoms with Gasteiger partial charge >= 0.3 is 5.97 Å². The Morgan fingerprint density at radius 2 is 2.46 bits per heavy atom. The van der Waals surface area contributed by atoms with Gasteiger partial charge in [0.25, 0.3) is 5.95 Å². The van der Waals surface area contributed by atoms with Gasteiger partial charge in [0.2, 0.25) is 5.76 Å². The van der Waals surface area contributed by atoms with Crippen molar-refractivity contribution >= 4 is 5.97 Å². The van der Waals surface area contributed by atoms with Crippen LogP contribution in [0.1, 0.15) is 17.5 Å². The Morgan fingerprint density at radius 3 is 2.92 bits per heavy atom. The van der Waals surface area contributed by atoms with E-state index < -0.39 is 5.97 Å². The number of hydrogen-bond donors (Lipinski definition) is 2. The number of carboxylic acids is 1. The van der Waals surface area contributed by atoms with Gasteiger partial charge in [0.1, 0.15) is 6.61 Å². The lowest BCUT2D eigenvalue weighted by atomic mass is 10.4. The summed E-state index contributed by atoms with van der Waals surface area (Å²) in [6.07, 6.45) is 0. The minimum absolute atomic E-state index is 0.113. The fourth-order valence-corrected chi connectivity index (χ4v) is 0.726. The molecule has 0 aromatic carbocycles. The third-order valence-electron chi connectivity index (χ3n) is 1.28. The van der Waals surface area contributed by atoms with Crippen LogP contribution in [0.4, 0.5) is 0 Å². The molecular formula is C8H11NO4. The molecule has 0 amide bonds. The van der Waals surface area contributed by atoms with Crippen LogP contribution in [-0.2, 0) is 0 Å². The third kappa shape index (κ3) is 2.79. The van der Waals surface area contributed by atoms with Gasteiger partial charge < -0.3 is 20.0 Å². The molecule has 1 unspecified atom stereocenters. The highest BCUT2D eigenvalue weighted by Crippen LogP contribution is 2.15. The highest BCUT2D eigenvalue weighted by Gasteiger charge is 2.09. The molecule has 1 aromatic heterocycles. The van der Waals surface area contributed by atoms with Gasteiger partial charge in [-0.3, -0.25) is 0 Å². The number of rotatable bonds is 4. The van der Waals surface area contributed by atoms with Crippen LogP contribution in [0, 0.1) is 0 Å². The van der Waals surface area contributed by atoms with Crippen molar-refractivity contribution in [2.75, 3.05) is 6.61 Å².